The topological polar surface area (TPSA) is 136 Å². The Hall–Kier alpha value is -2.69. The van der Waals surface area contributed by atoms with Crippen LogP contribution in [0.1, 0.15) is 31.8 Å². The van der Waals surface area contributed by atoms with Crippen molar-refractivity contribution < 1.29 is 27.3 Å². The minimum atomic E-state index is -4.78. The normalized spacial score (nSPS) is 12.5. The first-order chi connectivity index (χ1) is 14.2. The number of nitrogens with one attached hydrogen (secondary N) is 1. The molecule has 0 unspecified atom stereocenters. The number of fused-ring (bicyclic) bond motifs is 2. The number of hydrogen-bond donors (Lipinski definition) is 3. The standard InChI is InChI=1S/C21H16N2O6S.Na.H/c1-29-15-9-5-4-8-13(15)23-14-10-16(30(26,27)28)19(22)18-17(14)20(24)11-6-2-3-7-12(11)21(18)25;;/h2-10,23H,22H2,1H3,(H,26,27,28);;. The molecule has 3 aromatic rings. The zero-order chi connectivity index (χ0) is 21.6. The van der Waals surface area contributed by atoms with E-state index in [1.165, 1.54) is 19.2 Å². The zero-order valence-electron chi connectivity index (χ0n) is 15.7. The van der Waals surface area contributed by atoms with E-state index < -0.39 is 32.3 Å². The molecule has 0 spiro atoms. The van der Waals surface area contributed by atoms with Crippen LogP contribution in [0.2, 0.25) is 0 Å². The summed E-state index contributed by atoms with van der Waals surface area (Å²) in [5.74, 6) is -0.677. The number of ketones is 2. The van der Waals surface area contributed by atoms with E-state index in [1.54, 1.807) is 36.4 Å². The third-order valence-electron chi connectivity index (χ3n) is 4.85. The molecule has 0 aliphatic heterocycles. The molecule has 0 atom stereocenters. The molecule has 4 rings (SSSR count). The summed E-state index contributed by atoms with van der Waals surface area (Å²) < 4.78 is 38.8. The van der Waals surface area contributed by atoms with Gasteiger partial charge in [-0.1, -0.05) is 36.4 Å². The Balaban J connectivity index is 0.00000272. The molecule has 1 aliphatic rings. The van der Waals surface area contributed by atoms with E-state index in [-0.39, 0.29) is 57.5 Å². The van der Waals surface area contributed by atoms with Crippen molar-refractivity contribution in [2.75, 3.05) is 18.2 Å². The van der Waals surface area contributed by atoms with Crippen LogP contribution in [-0.2, 0) is 10.1 Å². The van der Waals surface area contributed by atoms with Crippen LogP contribution in [0.15, 0.2) is 59.5 Å². The number of anilines is 3. The summed E-state index contributed by atoms with van der Waals surface area (Å²) in [7, 11) is -3.32. The van der Waals surface area contributed by atoms with Gasteiger partial charge in [0.15, 0.2) is 11.6 Å². The Morgan fingerprint density at radius 1 is 0.903 bits per heavy atom. The average Bonchev–Trinajstić information content (AvgIpc) is 2.72. The van der Waals surface area contributed by atoms with Crippen molar-refractivity contribution in [2.24, 2.45) is 0 Å². The van der Waals surface area contributed by atoms with E-state index in [0.717, 1.165) is 6.07 Å². The Morgan fingerprint density at radius 3 is 2.03 bits per heavy atom. The summed E-state index contributed by atoms with van der Waals surface area (Å²) in [5.41, 5.74) is 5.84. The van der Waals surface area contributed by atoms with Crippen molar-refractivity contribution in [1.82, 2.24) is 0 Å². The van der Waals surface area contributed by atoms with Crippen molar-refractivity contribution in [1.29, 1.82) is 0 Å². The maximum absolute atomic E-state index is 13.2. The molecule has 0 fully saturated rings. The van der Waals surface area contributed by atoms with E-state index in [9.17, 15) is 22.6 Å². The Labute approximate surface area is 200 Å². The van der Waals surface area contributed by atoms with Crippen LogP contribution in [0.5, 0.6) is 5.75 Å². The van der Waals surface area contributed by atoms with E-state index in [2.05, 4.69) is 5.32 Å². The molecule has 10 heteroatoms. The van der Waals surface area contributed by atoms with Crippen molar-refractivity contribution in [3.63, 3.8) is 0 Å². The molecule has 0 heterocycles. The minimum absolute atomic E-state index is 0. The van der Waals surface area contributed by atoms with Gasteiger partial charge in [0.2, 0.25) is 0 Å². The van der Waals surface area contributed by atoms with Crippen LogP contribution in [0, 0.1) is 0 Å². The molecule has 0 radical (unpaired) electrons. The number of methoxy groups -OCH3 is 1. The summed E-state index contributed by atoms with van der Waals surface area (Å²) in [5, 5.41) is 2.94. The number of para-hydroxylation sites is 2. The first kappa shape index (κ1) is 23.0. The number of rotatable bonds is 4. The monoisotopic (exact) mass is 448 g/mol. The summed E-state index contributed by atoms with van der Waals surface area (Å²) >= 11 is 0. The number of carbonyl (C=O) groups excluding carboxylic acids is 2. The Morgan fingerprint density at radius 2 is 1.45 bits per heavy atom. The molecule has 0 saturated heterocycles. The molecule has 31 heavy (non-hydrogen) atoms. The van der Waals surface area contributed by atoms with Gasteiger partial charge < -0.3 is 15.8 Å². The fourth-order valence-corrected chi connectivity index (χ4v) is 4.15. The molecule has 0 bridgehead atoms. The third-order valence-corrected chi connectivity index (χ3v) is 5.75. The zero-order valence-corrected chi connectivity index (χ0v) is 16.5. The van der Waals surface area contributed by atoms with E-state index in [1.807, 2.05) is 0 Å². The molecule has 0 amide bonds. The van der Waals surface area contributed by atoms with Crippen LogP contribution >= 0.6 is 0 Å². The molecule has 4 N–H and O–H groups in total. The first-order valence-electron chi connectivity index (χ1n) is 8.76. The van der Waals surface area contributed by atoms with Gasteiger partial charge in [0.1, 0.15) is 10.6 Å². The summed E-state index contributed by atoms with van der Waals surface area (Å²) in [6, 6.07) is 14.0. The summed E-state index contributed by atoms with van der Waals surface area (Å²) in [4.78, 5) is 25.7. The number of carbonyl (C=O) groups is 2. The summed E-state index contributed by atoms with van der Waals surface area (Å²) in [6.45, 7) is 0. The van der Waals surface area contributed by atoms with Crippen molar-refractivity contribution in [3.8, 4) is 5.75 Å². The quantitative estimate of drug-likeness (QED) is 0.246. The van der Waals surface area contributed by atoms with Crippen molar-refractivity contribution in [3.05, 3.63) is 76.9 Å². The van der Waals surface area contributed by atoms with Gasteiger partial charge in [0, 0.05) is 11.1 Å². The first-order valence-corrected chi connectivity index (χ1v) is 10.2. The van der Waals surface area contributed by atoms with Gasteiger partial charge in [-0.05, 0) is 18.2 Å². The molecule has 0 aromatic heterocycles. The van der Waals surface area contributed by atoms with Crippen LogP contribution in [0.25, 0.3) is 0 Å². The molecular weight excluding hydrogens is 431 g/mol. The third kappa shape index (κ3) is 3.86. The van der Waals surface area contributed by atoms with E-state index >= 15 is 0 Å². The SMILES string of the molecule is COc1ccccc1Nc1cc(S(=O)(=O)O)c(N)c2c1C(=O)c1ccccc1C2=O.[NaH]. The van der Waals surface area contributed by atoms with Crippen LogP contribution in [0.4, 0.5) is 17.1 Å². The van der Waals surface area contributed by atoms with Gasteiger partial charge in [-0.25, -0.2) is 0 Å². The molecule has 8 nitrogen and oxygen atoms in total. The molecule has 154 valence electrons. The predicted octanol–water partition coefficient (Wildman–Crippen LogP) is 2.39. The van der Waals surface area contributed by atoms with Gasteiger partial charge in [-0.2, -0.15) is 8.42 Å². The van der Waals surface area contributed by atoms with Gasteiger partial charge in [-0.15, -0.1) is 0 Å². The molecule has 1 aliphatic carbocycles. The fourth-order valence-electron chi connectivity index (χ4n) is 3.50. The number of nitrogens with two attached hydrogens (primary N) is 1. The van der Waals surface area contributed by atoms with Gasteiger partial charge in [0.05, 0.1) is 35.3 Å². The number of benzene rings is 3. The van der Waals surface area contributed by atoms with Gasteiger partial charge >= 0.3 is 29.6 Å². The number of nitrogen functional groups attached to an aromatic ring is 1. The number of ether oxygens (including phenoxy) is 1. The van der Waals surface area contributed by atoms with E-state index in [0.29, 0.717) is 11.4 Å². The number of hydrogen-bond acceptors (Lipinski definition) is 7. The van der Waals surface area contributed by atoms with Crippen LogP contribution in [0.3, 0.4) is 0 Å². The second-order valence-corrected chi connectivity index (χ2v) is 7.98. The predicted molar refractivity (Wildman–Crippen MR) is 117 cm³/mol. The summed E-state index contributed by atoms with van der Waals surface area (Å²) in [6.07, 6.45) is 0. The molecular formula is C21H17N2NaO6S. The van der Waals surface area contributed by atoms with Crippen molar-refractivity contribution in [2.45, 2.75) is 4.90 Å². The molecule has 3 aromatic carbocycles. The second kappa shape index (κ2) is 8.45. The second-order valence-electron chi connectivity index (χ2n) is 6.59. The Kier molecular flexibility index (Phi) is 6.26. The van der Waals surface area contributed by atoms with E-state index in [4.69, 9.17) is 10.5 Å². The average molecular weight is 448 g/mol. The maximum atomic E-state index is 13.2. The van der Waals surface area contributed by atoms with Crippen molar-refractivity contribution >= 4 is 68.3 Å². The van der Waals surface area contributed by atoms with Gasteiger partial charge in [-0.3, -0.25) is 14.1 Å². The fraction of sp³-hybridized carbons (Fsp3) is 0.0476. The van der Waals surface area contributed by atoms with Crippen LogP contribution < -0.4 is 15.8 Å². The molecule has 0 saturated carbocycles. The Bertz CT molecular complexity index is 1340. The van der Waals surface area contributed by atoms with Gasteiger partial charge in [0.25, 0.3) is 10.1 Å². The van der Waals surface area contributed by atoms with Crippen LogP contribution in [-0.4, -0.2) is 61.2 Å².